The summed E-state index contributed by atoms with van der Waals surface area (Å²) < 4.78 is 1.21. The highest BCUT2D eigenvalue weighted by atomic mass is 79.9. The van der Waals surface area contributed by atoms with Crippen molar-refractivity contribution in [3.8, 4) is 0 Å². The van der Waals surface area contributed by atoms with Gasteiger partial charge in [0.1, 0.15) is 0 Å². The zero-order chi connectivity index (χ0) is 9.97. The van der Waals surface area contributed by atoms with Crippen LogP contribution < -0.4 is 0 Å². The molecule has 0 spiro atoms. The van der Waals surface area contributed by atoms with E-state index in [4.69, 9.17) is 11.6 Å². The van der Waals surface area contributed by atoms with E-state index in [2.05, 4.69) is 40.2 Å². The molecule has 0 bridgehead atoms. The predicted octanol–water partition coefficient (Wildman–Crippen LogP) is 4.57. The molecule has 0 radical (unpaired) electrons. The number of hydrogen-bond acceptors (Lipinski definition) is 0. The van der Waals surface area contributed by atoms with E-state index in [9.17, 15) is 0 Å². The molecular weight excluding hydrogens is 259 g/mol. The fourth-order valence-corrected chi connectivity index (χ4v) is 3.08. The van der Waals surface area contributed by atoms with Crippen molar-refractivity contribution in [2.45, 2.75) is 25.2 Å². The zero-order valence-corrected chi connectivity index (χ0v) is 10.4. The summed E-state index contributed by atoms with van der Waals surface area (Å²) in [6.45, 7) is 0. The van der Waals surface area contributed by atoms with Crippen molar-refractivity contribution in [2.24, 2.45) is 5.92 Å². The summed E-state index contributed by atoms with van der Waals surface area (Å²) >= 11 is 9.66. The Morgan fingerprint density at radius 2 is 2.07 bits per heavy atom. The summed E-state index contributed by atoms with van der Waals surface area (Å²) in [6, 6.07) is 8.45. The molecule has 0 N–H and O–H groups in total. The molecule has 1 aromatic rings. The van der Waals surface area contributed by atoms with Crippen LogP contribution in [0, 0.1) is 5.92 Å². The van der Waals surface area contributed by atoms with Crippen LogP contribution in [0.2, 0.25) is 0 Å². The largest absolute Gasteiger partial charge is 0.126 e. The molecule has 0 amide bonds. The monoisotopic (exact) mass is 272 g/mol. The Labute approximate surface area is 98.8 Å². The molecule has 0 aliphatic heterocycles. The number of benzene rings is 1. The Bertz CT molecular complexity index is 307. The van der Waals surface area contributed by atoms with Crippen LogP contribution in [-0.2, 0) is 0 Å². The number of rotatable bonds is 3. The molecule has 2 heteroatoms. The van der Waals surface area contributed by atoms with E-state index in [0.29, 0.717) is 5.92 Å². The summed E-state index contributed by atoms with van der Waals surface area (Å²) in [5.41, 5.74) is 1.38. The van der Waals surface area contributed by atoms with E-state index in [1.54, 1.807) is 0 Å². The highest BCUT2D eigenvalue weighted by Gasteiger charge is 2.28. The molecule has 1 fully saturated rings. The lowest BCUT2D eigenvalue weighted by molar-refractivity contribution is 0.273. The molecule has 1 atom stereocenters. The van der Waals surface area contributed by atoms with Crippen LogP contribution in [0.1, 0.15) is 30.7 Å². The molecule has 14 heavy (non-hydrogen) atoms. The van der Waals surface area contributed by atoms with Crippen LogP contribution in [0.15, 0.2) is 28.7 Å². The first-order valence-electron chi connectivity index (χ1n) is 5.13. The van der Waals surface area contributed by atoms with Crippen LogP contribution in [0.25, 0.3) is 0 Å². The summed E-state index contributed by atoms with van der Waals surface area (Å²) in [6.07, 6.45) is 4.07. The molecule has 1 aliphatic rings. The Morgan fingerprint density at radius 3 is 2.57 bits per heavy atom. The van der Waals surface area contributed by atoms with Crippen LogP contribution in [-0.4, -0.2) is 5.88 Å². The van der Waals surface area contributed by atoms with Gasteiger partial charge in [-0.2, -0.15) is 0 Å². The minimum atomic E-state index is 0.543. The summed E-state index contributed by atoms with van der Waals surface area (Å²) in [5, 5.41) is 0. The van der Waals surface area contributed by atoms with Crippen molar-refractivity contribution in [3.05, 3.63) is 34.3 Å². The highest BCUT2D eigenvalue weighted by Crippen LogP contribution is 2.41. The first-order valence-corrected chi connectivity index (χ1v) is 6.46. The molecule has 0 heterocycles. The van der Waals surface area contributed by atoms with Gasteiger partial charge in [-0.3, -0.25) is 0 Å². The minimum absolute atomic E-state index is 0.543. The normalized spacial score (nSPS) is 19.0. The lowest BCUT2D eigenvalue weighted by atomic mass is 9.74. The van der Waals surface area contributed by atoms with Gasteiger partial charge in [0.15, 0.2) is 0 Å². The fraction of sp³-hybridized carbons (Fsp3) is 0.500. The van der Waals surface area contributed by atoms with Gasteiger partial charge in [0.05, 0.1) is 0 Å². The second-order valence-electron chi connectivity index (χ2n) is 3.97. The molecule has 0 saturated heterocycles. The molecule has 76 valence electrons. The van der Waals surface area contributed by atoms with Crippen LogP contribution in [0.4, 0.5) is 0 Å². The predicted molar refractivity (Wildman–Crippen MR) is 64.9 cm³/mol. The molecular formula is C12H14BrCl. The average molecular weight is 274 g/mol. The first-order chi connectivity index (χ1) is 6.83. The third kappa shape index (κ3) is 1.99. The Balaban J connectivity index is 2.22. The minimum Gasteiger partial charge on any atom is -0.126 e. The quantitative estimate of drug-likeness (QED) is 0.708. The number of hydrogen-bond donors (Lipinski definition) is 0. The topological polar surface area (TPSA) is 0 Å². The standard InChI is InChI=1S/C12H14BrCl/c13-12-7-2-1-6-10(12)11(8-14)9-4-3-5-9/h1-2,6-7,9,11H,3-5,8H2. The van der Waals surface area contributed by atoms with E-state index >= 15 is 0 Å². The summed E-state index contributed by atoms with van der Waals surface area (Å²) in [4.78, 5) is 0. The number of halogens is 2. The van der Waals surface area contributed by atoms with Crippen molar-refractivity contribution in [1.29, 1.82) is 0 Å². The van der Waals surface area contributed by atoms with Gasteiger partial charge in [-0.15, -0.1) is 11.6 Å². The van der Waals surface area contributed by atoms with Crippen molar-refractivity contribution in [3.63, 3.8) is 0 Å². The van der Waals surface area contributed by atoms with Crippen LogP contribution >= 0.6 is 27.5 Å². The zero-order valence-electron chi connectivity index (χ0n) is 8.05. The van der Waals surface area contributed by atoms with Gasteiger partial charge in [-0.25, -0.2) is 0 Å². The first kappa shape index (κ1) is 10.5. The lowest BCUT2D eigenvalue weighted by Gasteiger charge is -2.33. The maximum atomic E-state index is 6.06. The van der Waals surface area contributed by atoms with Crippen molar-refractivity contribution in [1.82, 2.24) is 0 Å². The molecule has 1 aliphatic carbocycles. The van der Waals surface area contributed by atoms with Gasteiger partial charge in [0.25, 0.3) is 0 Å². The summed E-state index contributed by atoms with van der Waals surface area (Å²) in [7, 11) is 0. The van der Waals surface area contributed by atoms with E-state index in [0.717, 1.165) is 11.8 Å². The third-order valence-corrected chi connectivity index (χ3v) is 4.24. The maximum Gasteiger partial charge on any atom is 0.0295 e. The second-order valence-corrected chi connectivity index (χ2v) is 5.14. The molecule has 1 unspecified atom stereocenters. The fourth-order valence-electron chi connectivity index (χ4n) is 2.08. The van der Waals surface area contributed by atoms with E-state index < -0.39 is 0 Å². The van der Waals surface area contributed by atoms with Gasteiger partial charge >= 0.3 is 0 Å². The van der Waals surface area contributed by atoms with Crippen molar-refractivity contribution in [2.75, 3.05) is 5.88 Å². The second kappa shape index (κ2) is 4.67. The van der Waals surface area contributed by atoms with Crippen LogP contribution in [0.3, 0.4) is 0 Å². The molecule has 2 rings (SSSR count). The van der Waals surface area contributed by atoms with E-state index in [1.807, 2.05) is 0 Å². The summed E-state index contributed by atoms with van der Waals surface area (Å²) in [5.74, 6) is 2.10. The van der Waals surface area contributed by atoms with Gasteiger partial charge in [0.2, 0.25) is 0 Å². The van der Waals surface area contributed by atoms with Crippen molar-refractivity contribution >= 4 is 27.5 Å². The maximum absolute atomic E-state index is 6.06. The Kier molecular flexibility index (Phi) is 3.51. The lowest BCUT2D eigenvalue weighted by Crippen LogP contribution is -2.21. The van der Waals surface area contributed by atoms with Gasteiger partial charge in [-0.05, 0) is 30.4 Å². The van der Waals surface area contributed by atoms with E-state index in [1.165, 1.54) is 29.3 Å². The molecule has 0 nitrogen and oxygen atoms in total. The van der Waals surface area contributed by atoms with Crippen molar-refractivity contribution < 1.29 is 0 Å². The van der Waals surface area contributed by atoms with Gasteiger partial charge in [-0.1, -0.05) is 40.5 Å². The number of alkyl halides is 1. The molecule has 1 saturated carbocycles. The SMILES string of the molecule is ClCC(c1ccccc1Br)C1CCC1. The van der Waals surface area contributed by atoms with Gasteiger partial charge < -0.3 is 0 Å². The Morgan fingerprint density at radius 1 is 1.36 bits per heavy atom. The average Bonchev–Trinajstić information content (AvgIpc) is 2.12. The van der Waals surface area contributed by atoms with Gasteiger partial charge in [0, 0.05) is 16.3 Å². The van der Waals surface area contributed by atoms with E-state index in [-0.39, 0.29) is 0 Å². The third-order valence-electron chi connectivity index (χ3n) is 3.19. The smallest absolute Gasteiger partial charge is 0.0295 e. The Hall–Kier alpha value is -0.0100. The highest BCUT2D eigenvalue weighted by molar-refractivity contribution is 9.10. The van der Waals surface area contributed by atoms with Crippen LogP contribution in [0.5, 0.6) is 0 Å². The molecule has 1 aromatic carbocycles. The molecule has 0 aromatic heterocycles.